The highest BCUT2D eigenvalue weighted by Gasteiger charge is 2.29. The predicted molar refractivity (Wildman–Crippen MR) is 73.4 cm³/mol. The van der Waals surface area contributed by atoms with Crippen LogP contribution in [0.25, 0.3) is 0 Å². The molecule has 0 aliphatic heterocycles. The van der Waals surface area contributed by atoms with Crippen LogP contribution in [0.3, 0.4) is 0 Å². The second kappa shape index (κ2) is 6.60. The number of hydrogen-bond donors (Lipinski definition) is 1. The number of carbonyl (C=O) groups excluding carboxylic acids is 1. The maximum Gasteiger partial charge on any atom is 0.416 e. The van der Waals surface area contributed by atoms with Gasteiger partial charge in [0.25, 0.3) is 0 Å². The fourth-order valence-corrected chi connectivity index (χ4v) is 1.91. The SMILES string of the molecule is O=C(Cc1ccc(C(F)(F)F)cc1)NCc1cccc(F)c1. The van der Waals surface area contributed by atoms with Gasteiger partial charge in [0.15, 0.2) is 0 Å². The largest absolute Gasteiger partial charge is 0.416 e. The van der Waals surface area contributed by atoms with Gasteiger partial charge in [0.1, 0.15) is 5.82 Å². The number of rotatable bonds is 4. The molecule has 0 radical (unpaired) electrons. The van der Waals surface area contributed by atoms with Gasteiger partial charge in [-0.1, -0.05) is 24.3 Å². The van der Waals surface area contributed by atoms with E-state index < -0.39 is 17.6 Å². The van der Waals surface area contributed by atoms with Crippen molar-refractivity contribution in [3.8, 4) is 0 Å². The molecule has 0 aliphatic carbocycles. The Labute approximate surface area is 124 Å². The Morgan fingerprint density at radius 2 is 1.68 bits per heavy atom. The molecule has 6 heteroatoms. The molecule has 0 heterocycles. The molecule has 1 N–H and O–H groups in total. The van der Waals surface area contributed by atoms with E-state index >= 15 is 0 Å². The van der Waals surface area contributed by atoms with Crippen LogP contribution in [0.15, 0.2) is 48.5 Å². The predicted octanol–water partition coefficient (Wildman–Crippen LogP) is 3.70. The fraction of sp³-hybridized carbons (Fsp3) is 0.188. The van der Waals surface area contributed by atoms with Crippen molar-refractivity contribution in [2.75, 3.05) is 0 Å². The van der Waals surface area contributed by atoms with Crippen molar-refractivity contribution in [3.63, 3.8) is 0 Å². The third kappa shape index (κ3) is 4.58. The third-order valence-electron chi connectivity index (χ3n) is 3.02. The Bertz CT molecular complexity index is 650. The van der Waals surface area contributed by atoms with Crippen LogP contribution in [-0.2, 0) is 23.9 Å². The summed E-state index contributed by atoms with van der Waals surface area (Å²) < 4.78 is 50.2. The smallest absolute Gasteiger partial charge is 0.352 e. The van der Waals surface area contributed by atoms with E-state index in [4.69, 9.17) is 0 Å². The first-order valence-electron chi connectivity index (χ1n) is 6.52. The van der Waals surface area contributed by atoms with Gasteiger partial charge in [-0.2, -0.15) is 13.2 Å². The van der Waals surface area contributed by atoms with Gasteiger partial charge in [-0.05, 0) is 35.4 Å². The fourth-order valence-electron chi connectivity index (χ4n) is 1.91. The Kier molecular flexibility index (Phi) is 4.80. The number of hydrogen-bond acceptors (Lipinski definition) is 1. The normalized spacial score (nSPS) is 11.3. The lowest BCUT2D eigenvalue weighted by atomic mass is 10.1. The number of nitrogens with one attached hydrogen (secondary N) is 1. The maximum absolute atomic E-state index is 13.0. The second-order valence-corrected chi connectivity index (χ2v) is 4.78. The molecule has 0 aromatic heterocycles. The zero-order valence-electron chi connectivity index (χ0n) is 11.5. The van der Waals surface area contributed by atoms with E-state index in [1.807, 2.05) is 0 Å². The molecule has 1 amide bonds. The van der Waals surface area contributed by atoms with Crippen molar-refractivity contribution < 1.29 is 22.4 Å². The Morgan fingerprint density at radius 1 is 1.00 bits per heavy atom. The molecule has 0 saturated heterocycles. The van der Waals surface area contributed by atoms with Crippen LogP contribution in [0.1, 0.15) is 16.7 Å². The molecule has 22 heavy (non-hydrogen) atoms. The standard InChI is InChI=1S/C16H13F4NO/c17-14-3-1-2-12(8-14)10-21-15(22)9-11-4-6-13(7-5-11)16(18,19)20/h1-8H,9-10H2,(H,21,22). The van der Waals surface area contributed by atoms with Crippen molar-refractivity contribution in [1.29, 1.82) is 0 Å². The summed E-state index contributed by atoms with van der Waals surface area (Å²) in [5.41, 5.74) is 0.335. The summed E-state index contributed by atoms with van der Waals surface area (Å²) in [6.45, 7) is 0.164. The summed E-state index contributed by atoms with van der Waals surface area (Å²) in [5, 5.41) is 2.59. The molecular formula is C16H13F4NO. The van der Waals surface area contributed by atoms with Gasteiger partial charge in [-0.3, -0.25) is 4.79 Å². The number of benzene rings is 2. The number of carbonyl (C=O) groups is 1. The Hall–Kier alpha value is -2.37. The lowest BCUT2D eigenvalue weighted by Gasteiger charge is -2.08. The molecule has 2 aromatic rings. The maximum atomic E-state index is 13.0. The molecule has 0 atom stereocenters. The van der Waals surface area contributed by atoms with E-state index in [9.17, 15) is 22.4 Å². The summed E-state index contributed by atoms with van der Waals surface area (Å²) in [6.07, 6.45) is -4.42. The van der Waals surface area contributed by atoms with Crippen LogP contribution in [0.5, 0.6) is 0 Å². The minimum absolute atomic E-state index is 0.0343. The van der Waals surface area contributed by atoms with Gasteiger partial charge in [0, 0.05) is 6.54 Å². The van der Waals surface area contributed by atoms with E-state index in [2.05, 4.69) is 5.32 Å². The molecule has 2 rings (SSSR count). The number of amides is 1. The minimum atomic E-state index is -4.39. The average Bonchev–Trinajstić information content (AvgIpc) is 2.45. The lowest BCUT2D eigenvalue weighted by molar-refractivity contribution is -0.137. The quantitative estimate of drug-likeness (QED) is 0.857. The zero-order valence-corrected chi connectivity index (χ0v) is 11.5. The highest BCUT2D eigenvalue weighted by atomic mass is 19.4. The highest BCUT2D eigenvalue weighted by molar-refractivity contribution is 5.78. The van der Waals surface area contributed by atoms with Crippen LogP contribution in [0, 0.1) is 5.82 Å². The van der Waals surface area contributed by atoms with Crippen LogP contribution in [0.4, 0.5) is 17.6 Å². The van der Waals surface area contributed by atoms with Gasteiger partial charge in [0.2, 0.25) is 5.91 Å². The molecule has 0 saturated carbocycles. The monoisotopic (exact) mass is 311 g/mol. The molecule has 0 spiro atoms. The Morgan fingerprint density at radius 3 is 2.27 bits per heavy atom. The molecule has 0 aliphatic rings. The average molecular weight is 311 g/mol. The summed E-state index contributed by atoms with van der Waals surface area (Å²) >= 11 is 0. The van der Waals surface area contributed by atoms with E-state index in [1.165, 1.54) is 30.3 Å². The number of halogens is 4. The molecule has 2 nitrogen and oxygen atoms in total. The minimum Gasteiger partial charge on any atom is -0.352 e. The summed E-state index contributed by atoms with van der Waals surface area (Å²) in [5.74, 6) is -0.737. The van der Waals surface area contributed by atoms with Gasteiger partial charge < -0.3 is 5.32 Å². The van der Waals surface area contributed by atoms with Crippen LogP contribution in [-0.4, -0.2) is 5.91 Å². The first-order valence-corrected chi connectivity index (χ1v) is 6.52. The first-order chi connectivity index (χ1) is 10.3. The highest BCUT2D eigenvalue weighted by Crippen LogP contribution is 2.29. The first kappa shape index (κ1) is 16.0. The van der Waals surface area contributed by atoms with Gasteiger partial charge in [-0.15, -0.1) is 0 Å². The Balaban J connectivity index is 1.89. The molecular weight excluding hydrogens is 298 g/mol. The van der Waals surface area contributed by atoms with E-state index in [1.54, 1.807) is 6.07 Å². The number of alkyl halides is 3. The molecule has 0 fully saturated rings. The summed E-state index contributed by atoms with van der Waals surface area (Å²) in [4.78, 5) is 11.7. The van der Waals surface area contributed by atoms with E-state index in [-0.39, 0.29) is 18.9 Å². The van der Waals surface area contributed by atoms with Crippen LogP contribution in [0.2, 0.25) is 0 Å². The lowest BCUT2D eigenvalue weighted by Crippen LogP contribution is -2.24. The molecule has 0 bridgehead atoms. The second-order valence-electron chi connectivity index (χ2n) is 4.78. The summed E-state index contributed by atoms with van der Waals surface area (Å²) in [7, 11) is 0. The molecule has 0 unspecified atom stereocenters. The van der Waals surface area contributed by atoms with Crippen molar-refractivity contribution in [2.24, 2.45) is 0 Å². The van der Waals surface area contributed by atoms with Gasteiger partial charge in [0.05, 0.1) is 12.0 Å². The molecule has 2 aromatic carbocycles. The van der Waals surface area contributed by atoms with Crippen molar-refractivity contribution >= 4 is 5.91 Å². The van der Waals surface area contributed by atoms with Crippen LogP contribution < -0.4 is 5.32 Å². The van der Waals surface area contributed by atoms with Crippen LogP contribution >= 0.6 is 0 Å². The van der Waals surface area contributed by atoms with E-state index in [0.717, 1.165) is 12.1 Å². The zero-order chi connectivity index (χ0) is 16.2. The topological polar surface area (TPSA) is 29.1 Å². The molecule has 116 valence electrons. The van der Waals surface area contributed by atoms with E-state index in [0.29, 0.717) is 11.1 Å². The van der Waals surface area contributed by atoms with Gasteiger partial charge >= 0.3 is 6.18 Å². The third-order valence-corrected chi connectivity index (χ3v) is 3.02. The van der Waals surface area contributed by atoms with Crippen molar-refractivity contribution in [1.82, 2.24) is 5.32 Å². The van der Waals surface area contributed by atoms with Gasteiger partial charge in [-0.25, -0.2) is 4.39 Å². The van der Waals surface area contributed by atoms with Crippen molar-refractivity contribution in [2.45, 2.75) is 19.1 Å². The summed E-state index contributed by atoms with van der Waals surface area (Å²) in [6, 6.07) is 10.2. The van der Waals surface area contributed by atoms with Crippen molar-refractivity contribution in [3.05, 3.63) is 71.0 Å².